The molecular formula is C9H6BF3NO-. The third-order valence-corrected chi connectivity index (χ3v) is 2.13. The van der Waals surface area contributed by atoms with Gasteiger partial charge in [-0.1, -0.05) is 24.3 Å². The zero-order chi connectivity index (χ0) is 11.1. The van der Waals surface area contributed by atoms with Crippen LogP contribution < -0.4 is 11.0 Å². The Morgan fingerprint density at radius 1 is 1.13 bits per heavy atom. The van der Waals surface area contributed by atoms with Crippen LogP contribution in [0, 0.1) is 0 Å². The normalized spacial score (nSPS) is 11.9. The number of rotatable bonds is 1. The number of aromatic nitrogens is 1. The van der Waals surface area contributed by atoms with E-state index < -0.39 is 18.0 Å². The number of hydrogen-bond acceptors (Lipinski definition) is 1. The van der Waals surface area contributed by atoms with Crippen LogP contribution in [-0.4, -0.2) is 12.0 Å². The van der Waals surface area contributed by atoms with Gasteiger partial charge in [-0.25, -0.2) is 0 Å². The van der Waals surface area contributed by atoms with Gasteiger partial charge in [0.1, 0.15) is 0 Å². The molecule has 6 heteroatoms. The molecule has 0 saturated carbocycles. The fraction of sp³-hybridized carbons (Fsp3) is 0. The molecule has 0 fully saturated rings. The van der Waals surface area contributed by atoms with Crippen LogP contribution in [0.4, 0.5) is 12.9 Å². The summed E-state index contributed by atoms with van der Waals surface area (Å²) in [6.45, 7) is -5.25. The van der Waals surface area contributed by atoms with Crippen LogP contribution in [0.1, 0.15) is 0 Å². The first-order valence-corrected chi connectivity index (χ1v) is 4.30. The van der Waals surface area contributed by atoms with Gasteiger partial charge in [-0.2, -0.15) is 0 Å². The average molecular weight is 212 g/mol. The molecule has 0 bridgehead atoms. The number of fused-ring (bicyclic) bond motifs is 1. The summed E-state index contributed by atoms with van der Waals surface area (Å²) in [7, 11) is 0. The van der Waals surface area contributed by atoms with Crippen LogP contribution >= 0.6 is 0 Å². The second-order valence-electron chi connectivity index (χ2n) is 3.22. The monoisotopic (exact) mass is 212 g/mol. The molecule has 1 aromatic carbocycles. The van der Waals surface area contributed by atoms with Crippen LogP contribution in [0.2, 0.25) is 0 Å². The van der Waals surface area contributed by atoms with Crippen molar-refractivity contribution in [2.45, 2.75) is 0 Å². The van der Waals surface area contributed by atoms with E-state index in [9.17, 15) is 17.7 Å². The molecule has 2 nitrogen and oxygen atoms in total. The first kappa shape index (κ1) is 9.83. The fourth-order valence-electron chi connectivity index (χ4n) is 1.41. The van der Waals surface area contributed by atoms with Crippen molar-refractivity contribution in [3.8, 4) is 0 Å². The Morgan fingerprint density at radius 2 is 1.80 bits per heavy atom. The topological polar surface area (TPSA) is 32.9 Å². The Kier molecular flexibility index (Phi) is 2.06. The van der Waals surface area contributed by atoms with Gasteiger partial charge >= 0.3 is 6.98 Å². The second-order valence-corrected chi connectivity index (χ2v) is 3.22. The van der Waals surface area contributed by atoms with Crippen molar-refractivity contribution < 1.29 is 12.9 Å². The Labute approximate surface area is 82.8 Å². The summed E-state index contributed by atoms with van der Waals surface area (Å²) < 4.78 is 37.3. The number of H-pyrrole nitrogens is 1. The van der Waals surface area contributed by atoms with Gasteiger partial charge in [-0.3, -0.25) is 4.79 Å². The number of benzene rings is 1. The van der Waals surface area contributed by atoms with E-state index in [1.165, 1.54) is 6.07 Å². The van der Waals surface area contributed by atoms with E-state index in [4.69, 9.17) is 0 Å². The number of nitrogens with one attached hydrogen (secondary N) is 1. The lowest BCUT2D eigenvalue weighted by atomic mass is 9.80. The Hall–Kier alpha value is -1.72. The van der Waals surface area contributed by atoms with Gasteiger partial charge in [-0.05, 0) is 16.9 Å². The molecule has 78 valence electrons. The van der Waals surface area contributed by atoms with Crippen molar-refractivity contribution in [3.05, 3.63) is 40.7 Å². The third-order valence-electron chi connectivity index (χ3n) is 2.13. The van der Waals surface area contributed by atoms with Crippen LogP contribution in [0.25, 0.3) is 10.9 Å². The quantitative estimate of drug-likeness (QED) is 0.715. The van der Waals surface area contributed by atoms with Crippen LogP contribution in [0.3, 0.4) is 0 Å². The third kappa shape index (κ3) is 1.75. The Bertz CT molecular complexity index is 561. The highest BCUT2D eigenvalue weighted by molar-refractivity contribution is 6.73. The maximum atomic E-state index is 12.4. The van der Waals surface area contributed by atoms with Gasteiger partial charge < -0.3 is 17.9 Å². The summed E-state index contributed by atoms with van der Waals surface area (Å²) in [5, 5.41) is 0.381. The van der Waals surface area contributed by atoms with E-state index in [0.29, 0.717) is 10.9 Å². The number of halogens is 3. The first-order chi connectivity index (χ1) is 6.98. The van der Waals surface area contributed by atoms with Gasteiger partial charge in [0.15, 0.2) is 0 Å². The van der Waals surface area contributed by atoms with Crippen molar-refractivity contribution in [2.75, 3.05) is 0 Å². The maximum Gasteiger partial charge on any atom is 0.515 e. The summed E-state index contributed by atoms with van der Waals surface area (Å²) in [6, 6.07) is 7.24. The van der Waals surface area contributed by atoms with E-state index in [-0.39, 0.29) is 0 Å². The number of aromatic amines is 1. The van der Waals surface area contributed by atoms with Crippen molar-refractivity contribution in [1.29, 1.82) is 0 Å². The largest absolute Gasteiger partial charge is 0.515 e. The highest BCUT2D eigenvalue weighted by Crippen LogP contribution is 2.11. The summed E-state index contributed by atoms with van der Waals surface area (Å²) in [5.41, 5.74) is -1.78. The molecule has 0 saturated heterocycles. The average Bonchev–Trinajstić information content (AvgIpc) is 2.15. The first-order valence-electron chi connectivity index (χ1n) is 4.30. The van der Waals surface area contributed by atoms with Crippen LogP contribution in [0.15, 0.2) is 35.1 Å². The molecule has 0 amide bonds. The maximum absolute atomic E-state index is 12.4. The SMILES string of the molecule is O=c1[nH]c2ccccc2cc1[B-](F)(F)F. The van der Waals surface area contributed by atoms with Gasteiger partial charge in [-0.15, -0.1) is 0 Å². The summed E-state index contributed by atoms with van der Waals surface area (Å²) in [5.74, 6) is 0. The predicted molar refractivity (Wildman–Crippen MR) is 53.3 cm³/mol. The minimum absolute atomic E-state index is 0.381. The highest BCUT2D eigenvalue weighted by atomic mass is 19.4. The number of hydrogen-bond donors (Lipinski definition) is 1. The standard InChI is InChI=1S/C9H6BF3NO/c11-10(12,13)7-5-6-3-1-2-4-8(6)14-9(7)15/h1-5H,(H,14,15)/q-1. The minimum atomic E-state index is -5.25. The molecule has 0 atom stereocenters. The van der Waals surface area contributed by atoms with Gasteiger partial charge in [0.05, 0.1) is 0 Å². The van der Waals surface area contributed by atoms with Gasteiger partial charge in [0.25, 0.3) is 0 Å². The molecule has 0 aliphatic carbocycles. The second kappa shape index (κ2) is 3.15. The van der Waals surface area contributed by atoms with Crippen molar-refractivity contribution in [1.82, 2.24) is 4.98 Å². The predicted octanol–water partition coefficient (Wildman–Crippen LogP) is 1.58. The Morgan fingerprint density at radius 3 is 2.47 bits per heavy atom. The summed E-state index contributed by atoms with van der Waals surface area (Å²) in [6.07, 6.45) is 0. The van der Waals surface area contributed by atoms with Crippen molar-refractivity contribution in [2.24, 2.45) is 0 Å². The molecule has 0 spiro atoms. The summed E-state index contributed by atoms with van der Waals surface area (Å²) in [4.78, 5) is 13.3. The van der Waals surface area contributed by atoms with Gasteiger partial charge in [0, 0.05) is 5.52 Å². The molecular weight excluding hydrogens is 206 g/mol. The lowest BCUT2D eigenvalue weighted by Gasteiger charge is -2.13. The van der Waals surface area contributed by atoms with Crippen molar-refractivity contribution >= 4 is 23.3 Å². The van der Waals surface area contributed by atoms with Crippen LogP contribution in [-0.2, 0) is 0 Å². The molecule has 15 heavy (non-hydrogen) atoms. The van der Waals surface area contributed by atoms with E-state index in [1.807, 2.05) is 0 Å². The zero-order valence-electron chi connectivity index (χ0n) is 7.51. The molecule has 0 unspecified atom stereocenters. The van der Waals surface area contributed by atoms with E-state index in [2.05, 4.69) is 4.98 Å². The Balaban J connectivity index is 2.79. The van der Waals surface area contributed by atoms with E-state index in [0.717, 1.165) is 6.07 Å². The molecule has 1 aromatic heterocycles. The molecule has 2 aromatic rings. The lowest BCUT2D eigenvalue weighted by molar-refractivity contribution is 0.500. The molecule has 0 aliphatic rings. The smallest absolute Gasteiger partial charge is 0.445 e. The van der Waals surface area contributed by atoms with E-state index >= 15 is 0 Å². The molecule has 1 heterocycles. The number of pyridine rings is 1. The van der Waals surface area contributed by atoms with Crippen molar-refractivity contribution in [3.63, 3.8) is 0 Å². The van der Waals surface area contributed by atoms with E-state index in [1.54, 1.807) is 18.2 Å². The molecule has 0 aliphatic heterocycles. The molecule has 1 N–H and O–H groups in total. The highest BCUT2D eigenvalue weighted by Gasteiger charge is 2.28. The van der Waals surface area contributed by atoms with Crippen LogP contribution in [0.5, 0.6) is 0 Å². The fourth-order valence-corrected chi connectivity index (χ4v) is 1.41. The molecule has 0 radical (unpaired) electrons. The molecule has 2 rings (SSSR count). The summed E-state index contributed by atoms with van der Waals surface area (Å²) >= 11 is 0. The minimum Gasteiger partial charge on any atom is -0.445 e. The number of para-hydroxylation sites is 1. The zero-order valence-corrected chi connectivity index (χ0v) is 7.51. The van der Waals surface area contributed by atoms with Gasteiger partial charge in [0.2, 0.25) is 5.56 Å². The lowest BCUT2D eigenvalue weighted by Crippen LogP contribution is -2.45.